The van der Waals surface area contributed by atoms with E-state index in [1.807, 2.05) is 62.3 Å². The van der Waals surface area contributed by atoms with Crippen LogP contribution in [0.3, 0.4) is 0 Å². The molecule has 1 unspecified atom stereocenters. The highest BCUT2D eigenvalue weighted by Crippen LogP contribution is 2.28. The zero-order chi connectivity index (χ0) is 41.7. The molecule has 0 amide bonds. The van der Waals surface area contributed by atoms with E-state index in [2.05, 4.69) is 83.1 Å². The molecule has 0 spiro atoms. The summed E-state index contributed by atoms with van der Waals surface area (Å²) in [6.07, 6.45) is 9.89. The summed E-state index contributed by atoms with van der Waals surface area (Å²) in [5.41, 5.74) is -0.756. The normalized spacial score (nSPS) is 11.8. The van der Waals surface area contributed by atoms with Crippen LogP contribution in [0, 0.1) is 51.2 Å². The first-order valence-corrected chi connectivity index (χ1v) is 21.0. The minimum absolute atomic E-state index is 0. The van der Waals surface area contributed by atoms with Crippen LogP contribution in [0.15, 0.2) is 0 Å². The Morgan fingerprint density at radius 2 is 0.724 bits per heavy atom. The fourth-order valence-electron chi connectivity index (χ4n) is 5.12. The van der Waals surface area contributed by atoms with Gasteiger partial charge in [-0.3, -0.25) is 14.4 Å². The van der Waals surface area contributed by atoms with Crippen LogP contribution >= 0.6 is 0 Å². The van der Waals surface area contributed by atoms with E-state index in [-0.39, 0.29) is 90.9 Å². The minimum Gasteiger partial charge on any atom is -0.465 e. The fourth-order valence-corrected chi connectivity index (χ4v) is 5.12. The van der Waals surface area contributed by atoms with Crippen molar-refractivity contribution in [3.8, 4) is 0 Å². The molecule has 0 heterocycles. The van der Waals surface area contributed by atoms with Gasteiger partial charge in [0.2, 0.25) is 0 Å². The molecule has 6 heteroatoms. The average Bonchev–Trinajstić information content (AvgIpc) is 2.99. The Hall–Kier alpha value is -1.59. The molecule has 0 aliphatic heterocycles. The van der Waals surface area contributed by atoms with Crippen molar-refractivity contribution >= 4 is 17.9 Å². The Morgan fingerprint density at radius 3 is 0.983 bits per heavy atom. The molecule has 360 valence electrons. The average molecular weight is 837 g/mol. The molecule has 58 heavy (non-hydrogen) atoms. The molecular weight excluding hydrogens is 721 g/mol. The lowest BCUT2D eigenvalue weighted by molar-refractivity contribution is -0.162. The molecule has 0 saturated carbocycles. The van der Waals surface area contributed by atoms with Crippen molar-refractivity contribution in [2.45, 2.75) is 266 Å². The number of esters is 3. The summed E-state index contributed by atoms with van der Waals surface area (Å²) in [5, 5.41) is 0. The summed E-state index contributed by atoms with van der Waals surface area (Å²) in [5.74, 6) is 2.73. The largest absolute Gasteiger partial charge is 0.465 e. The van der Waals surface area contributed by atoms with Gasteiger partial charge in [0.05, 0.1) is 22.9 Å². The lowest BCUT2D eigenvalue weighted by Gasteiger charge is -2.27. The summed E-state index contributed by atoms with van der Waals surface area (Å²) in [7, 11) is 0. The van der Waals surface area contributed by atoms with E-state index in [4.69, 9.17) is 14.2 Å². The molecule has 0 N–H and O–H groups in total. The van der Waals surface area contributed by atoms with E-state index < -0.39 is 0 Å². The summed E-state index contributed by atoms with van der Waals surface area (Å²) in [4.78, 5) is 36.0. The lowest BCUT2D eigenvalue weighted by Crippen LogP contribution is -2.31. The van der Waals surface area contributed by atoms with Gasteiger partial charge in [0.15, 0.2) is 0 Å². The van der Waals surface area contributed by atoms with Crippen LogP contribution in [-0.4, -0.2) is 36.7 Å². The second-order valence-electron chi connectivity index (χ2n) is 20.4. The second-order valence-corrected chi connectivity index (χ2v) is 20.4. The van der Waals surface area contributed by atoms with Crippen LogP contribution in [0.2, 0.25) is 0 Å². The summed E-state index contributed by atoms with van der Waals surface area (Å²) in [6, 6.07) is 0. The maximum atomic E-state index is 12.2. The first kappa shape index (κ1) is 77.1. The Kier molecular flexibility index (Phi) is 49.4. The van der Waals surface area contributed by atoms with Gasteiger partial charge in [0.1, 0.15) is 12.2 Å². The Balaban J connectivity index is -0.0000000846. The fraction of sp³-hybridized carbons (Fsp3) is 0.942. The maximum absolute atomic E-state index is 12.2. The van der Waals surface area contributed by atoms with Crippen molar-refractivity contribution < 1.29 is 28.6 Å². The number of ether oxygens (including phenoxy) is 3. The van der Waals surface area contributed by atoms with Crippen molar-refractivity contribution in [3.63, 3.8) is 0 Å². The zero-order valence-electron chi connectivity index (χ0n) is 38.8. The molecule has 0 aromatic rings. The van der Waals surface area contributed by atoms with E-state index in [1.165, 1.54) is 0 Å². The highest BCUT2D eigenvalue weighted by atomic mass is 16.6. The molecule has 0 aliphatic carbocycles. The summed E-state index contributed by atoms with van der Waals surface area (Å²) < 4.78 is 16.8. The maximum Gasteiger partial charge on any atom is 0.311 e. The summed E-state index contributed by atoms with van der Waals surface area (Å²) >= 11 is 0. The lowest BCUT2D eigenvalue weighted by atomic mass is 9.86. The molecule has 1 atom stereocenters. The van der Waals surface area contributed by atoms with E-state index in [0.29, 0.717) is 41.6 Å². The van der Waals surface area contributed by atoms with Gasteiger partial charge in [0.25, 0.3) is 0 Å². The van der Waals surface area contributed by atoms with Crippen LogP contribution in [0.1, 0.15) is 254 Å². The smallest absolute Gasteiger partial charge is 0.311 e. The zero-order valence-corrected chi connectivity index (χ0v) is 38.8. The topological polar surface area (TPSA) is 78.9 Å². The molecule has 0 saturated heterocycles. The monoisotopic (exact) mass is 837 g/mol. The quantitative estimate of drug-likeness (QED) is 0.0846. The summed E-state index contributed by atoms with van der Waals surface area (Å²) in [6.45, 7) is 44.7. The third-order valence-electron chi connectivity index (χ3n) is 9.92. The van der Waals surface area contributed by atoms with E-state index >= 15 is 0 Å². The van der Waals surface area contributed by atoms with Crippen LogP contribution in [0.4, 0.5) is 0 Å². The van der Waals surface area contributed by atoms with Gasteiger partial charge in [0, 0.05) is 0 Å². The van der Waals surface area contributed by atoms with Crippen LogP contribution in [0.5, 0.6) is 0 Å². The molecule has 0 bridgehead atoms. The number of hydrogen-bond acceptors (Lipinski definition) is 6. The Morgan fingerprint density at radius 1 is 0.431 bits per heavy atom. The Labute approximate surface area is 369 Å². The van der Waals surface area contributed by atoms with Crippen molar-refractivity contribution in [2.75, 3.05) is 6.61 Å². The third kappa shape index (κ3) is 41.2. The van der Waals surface area contributed by atoms with Crippen molar-refractivity contribution in [3.05, 3.63) is 0 Å². The molecule has 0 fully saturated rings. The van der Waals surface area contributed by atoms with Crippen LogP contribution in [0.25, 0.3) is 0 Å². The standard InChI is InChI=1S/C17H34O2.C15H30O2.C14H28O2.6CH4/c1-8-17(6,7)16(18)19-15(11-9-13(2)3)12-10-14(4)5;1-8-15(6,7)14(16)17-13(9-11(2)3)10-12(4)5;1-8-14(6,7)12(15)16-10-11(2)9-13(3,4)5;;;;;;/h13-15H,8-12H2,1-7H3;11-13H,8-10H2,1-7H3;11H,8-10H2,1-7H3;6*1H4. The predicted molar refractivity (Wildman–Crippen MR) is 264 cm³/mol. The highest BCUT2D eigenvalue weighted by molar-refractivity contribution is 5.76. The minimum atomic E-state index is -0.355. The first-order valence-electron chi connectivity index (χ1n) is 21.0. The molecule has 0 radical (unpaired) electrons. The molecule has 0 rings (SSSR count). The van der Waals surface area contributed by atoms with Crippen molar-refractivity contribution in [2.24, 2.45) is 51.2 Å². The Bertz CT molecular complexity index is 929. The van der Waals surface area contributed by atoms with Crippen molar-refractivity contribution in [1.29, 1.82) is 0 Å². The van der Waals surface area contributed by atoms with Gasteiger partial charge in [-0.1, -0.05) is 148 Å². The van der Waals surface area contributed by atoms with Crippen LogP contribution in [-0.2, 0) is 28.6 Å². The van der Waals surface area contributed by atoms with Crippen molar-refractivity contribution in [1.82, 2.24) is 0 Å². The molecule has 0 aliphatic rings. The second kappa shape index (κ2) is 37.2. The number of hydrogen-bond donors (Lipinski definition) is 0. The van der Waals surface area contributed by atoms with E-state index in [0.717, 1.165) is 64.2 Å². The number of carbonyl (C=O) groups excluding carboxylic acids is 3. The first-order chi connectivity index (χ1) is 23.5. The van der Waals surface area contributed by atoms with E-state index in [9.17, 15) is 14.4 Å². The SMILES string of the molecule is C.C.C.C.C.C.CCC(C)(C)C(=O)OC(CC(C)C)CC(C)C.CCC(C)(C)C(=O)OC(CCC(C)C)CCC(C)C.CCC(C)(C)C(=O)OCC(C)CC(C)(C)C. The molecule has 6 nitrogen and oxygen atoms in total. The molecule has 0 aromatic carbocycles. The predicted octanol–water partition coefficient (Wildman–Crippen LogP) is 17.5. The van der Waals surface area contributed by atoms with Crippen LogP contribution < -0.4 is 0 Å². The highest BCUT2D eigenvalue weighted by Gasteiger charge is 2.31. The van der Waals surface area contributed by atoms with Gasteiger partial charge in [-0.2, -0.15) is 0 Å². The third-order valence-corrected chi connectivity index (χ3v) is 9.92. The van der Waals surface area contributed by atoms with Gasteiger partial charge < -0.3 is 14.2 Å². The number of rotatable bonds is 21. The van der Waals surface area contributed by atoms with Gasteiger partial charge in [-0.05, 0) is 141 Å². The van der Waals surface area contributed by atoms with E-state index in [1.54, 1.807) is 0 Å². The van der Waals surface area contributed by atoms with Gasteiger partial charge in [-0.15, -0.1) is 0 Å². The molecular formula is C52H116O6. The number of carbonyl (C=O) groups is 3. The van der Waals surface area contributed by atoms with Gasteiger partial charge >= 0.3 is 17.9 Å². The van der Waals surface area contributed by atoms with Gasteiger partial charge in [-0.25, -0.2) is 0 Å². The molecule has 0 aromatic heterocycles.